The SMILES string of the molecule is Cc1cccc([C@@H]2CCCN2C(=O)NCc2ncnn2C(C)(C)C)c1. The number of amides is 2. The van der Waals surface area contributed by atoms with Gasteiger partial charge in [0, 0.05) is 6.54 Å². The van der Waals surface area contributed by atoms with Crippen LogP contribution in [0.2, 0.25) is 0 Å². The zero-order valence-electron chi connectivity index (χ0n) is 15.5. The second-order valence-electron chi connectivity index (χ2n) is 7.68. The molecule has 1 saturated heterocycles. The van der Waals surface area contributed by atoms with E-state index in [0.717, 1.165) is 25.2 Å². The Morgan fingerprint density at radius 3 is 2.88 bits per heavy atom. The summed E-state index contributed by atoms with van der Waals surface area (Å²) >= 11 is 0. The van der Waals surface area contributed by atoms with E-state index in [1.165, 1.54) is 17.5 Å². The third kappa shape index (κ3) is 3.83. The molecule has 1 aromatic carbocycles. The third-order valence-corrected chi connectivity index (χ3v) is 4.59. The molecular weight excluding hydrogens is 314 g/mol. The molecule has 2 aromatic rings. The van der Waals surface area contributed by atoms with E-state index in [1.807, 2.05) is 9.58 Å². The lowest BCUT2D eigenvalue weighted by atomic mass is 10.0. The van der Waals surface area contributed by atoms with E-state index in [9.17, 15) is 4.79 Å². The molecule has 0 unspecified atom stereocenters. The first kappa shape index (κ1) is 17.5. The first-order chi connectivity index (χ1) is 11.9. The van der Waals surface area contributed by atoms with Crippen LogP contribution in [0.25, 0.3) is 0 Å². The van der Waals surface area contributed by atoms with Crippen molar-refractivity contribution in [3.63, 3.8) is 0 Å². The van der Waals surface area contributed by atoms with Crippen LogP contribution in [0.5, 0.6) is 0 Å². The van der Waals surface area contributed by atoms with Crippen LogP contribution in [0.3, 0.4) is 0 Å². The number of carbonyl (C=O) groups is 1. The standard InChI is InChI=1S/C19H27N5O/c1-14-7-5-8-15(11-14)16-9-6-10-23(16)18(25)20-12-17-21-13-22-24(17)19(2,3)4/h5,7-8,11,13,16H,6,9-10,12H2,1-4H3,(H,20,25)/t16-/m0/s1. The number of hydrogen-bond donors (Lipinski definition) is 1. The first-order valence-electron chi connectivity index (χ1n) is 8.86. The van der Waals surface area contributed by atoms with Crippen molar-refractivity contribution in [3.05, 3.63) is 47.5 Å². The fourth-order valence-electron chi connectivity index (χ4n) is 3.44. The lowest BCUT2D eigenvalue weighted by molar-refractivity contribution is 0.191. The maximum atomic E-state index is 12.7. The molecule has 2 heterocycles. The van der Waals surface area contributed by atoms with Gasteiger partial charge in [0.25, 0.3) is 0 Å². The van der Waals surface area contributed by atoms with Gasteiger partial charge >= 0.3 is 6.03 Å². The van der Waals surface area contributed by atoms with Gasteiger partial charge in [0.2, 0.25) is 0 Å². The number of benzene rings is 1. The minimum atomic E-state index is -0.158. The second kappa shape index (κ2) is 6.86. The lowest BCUT2D eigenvalue weighted by Crippen LogP contribution is -2.40. The molecule has 1 aromatic heterocycles. The Bertz CT molecular complexity index is 746. The van der Waals surface area contributed by atoms with E-state index < -0.39 is 0 Å². The van der Waals surface area contributed by atoms with Gasteiger partial charge < -0.3 is 10.2 Å². The van der Waals surface area contributed by atoms with E-state index in [0.29, 0.717) is 6.54 Å². The van der Waals surface area contributed by atoms with E-state index in [1.54, 1.807) is 0 Å². The number of hydrogen-bond acceptors (Lipinski definition) is 3. The fraction of sp³-hybridized carbons (Fsp3) is 0.526. The quantitative estimate of drug-likeness (QED) is 0.931. The number of nitrogens with zero attached hydrogens (tertiary/aromatic N) is 4. The number of aryl methyl sites for hydroxylation is 1. The molecule has 25 heavy (non-hydrogen) atoms. The smallest absolute Gasteiger partial charge is 0.318 e. The predicted octanol–water partition coefficient (Wildman–Crippen LogP) is 3.39. The van der Waals surface area contributed by atoms with Crippen LogP contribution in [0, 0.1) is 6.92 Å². The maximum Gasteiger partial charge on any atom is 0.318 e. The number of urea groups is 1. The van der Waals surface area contributed by atoms with Crippen LogP contribution < -0.4 is 5.32 Å². The predicted molar refractivity (Wildman–Crippen MR) is 97.1 cm³/mol. The molecule has 1 aliphatic heterocycles. The Morgan fingerprint density at radius 1 is 1.36 bits per heavy atom. The highest BCUT2D eigenvalue weighted by Crippen LogP contribution is 2.32. The average Bonchev–Trinajstić information content (AvgIpc) is 3.21. The maximum absolute atomic E-state index is 12.7. The van der Waals surface area contributed by atoms with Crippen molar-refractivity contribution >= 4 is 6.03 Å². The van der Waals surface area contributed by atoms with Gasteiger partial charge in [0.1, 0.15) is 12.2 Å². The number of rotatable bonds is 3. The molecule has 134 valence electrons. The average molecular weight is 341 g/mol. The molecular formula is C19H27N5O. The fourth-order valence-corrected chi connectivity index (χ4v) is 3.44. The number of likely N-dealkylation sites (tertiary alicyclic amines) is 1. The Labute approximate surface area is 149 Å². The first-order valence-corrected chi connectivity index (χ1v) is 8.86. The normalized spacial score (nSPS) is 17.8. The molecule has 0 radical (unpaired) electrons. The molecule has 0 saturated carbocycles. The van der Waals surface area contributed by atoms with E-state index in [4.69, 9.17) is 0 Å². The van der Waals surface area contributed by atoms with Gasteiger partial charge in [-0.15, -0.1) is 0 Å². The summed E-state index contributed by atoms with van der Waals surface area (Å²) in [4.78, 5) is 19.0. The van der Waals surface area contributed by atoms with E-state index in [-0.39, 0.29) is 17.6 Å². The zero-order chi connectivity index (χ0) is 18.0. The summed E-state index contributed by atoms with van der Waals surface area (Å²) in [6.45, 7) is 9.47. The van der Waals surface area contributed by atoms with Crippen molar-refractivity contribution in [1.29, 1.82) is 0 Å². The monoisotopic (exact) mass is 341 g/mol. The molecule has 6 heteroatoms. The minimum Gasteiger partial charge on any atom is -0.331 e. The number of carbonyl (C=O) groups excluding carboxylic acids is 1. The van der Waals surface area contributed by atoms with E-state index in [2.05, 4.69) is 67.4 Å². The van der Waals surface area contributed by atoms with Gasteiger partial charge in [0.15, 0.2) is 0 Å². The second-order valence-corrected chi connectivity index (χ2v) is 7.68. The summed E-state index contributed by atoms with van der Waals surface area (Å²) < 4.78 is 1.86. The zero-order valence-corrected chi connectivity index (χ0v) is 15.5. The summed E-state index contributed by atoms with van der Waals surface area (Å²) in [6, 6.07) is 8.55. The lowest BCUT2D eigenvalue weighted by Gasteiger charge is -2.26. The van der Waals surface area contributed by atoms with Crippen molar-refractivity contribution < 1.29 is 4.79 Å². The largest absolute Gasteiger partial charge is 0.331 e. The minimum absolute atomic E-state index is 0.0348. The summed E-state index contributed by atoms with van der Waals surface area (Å²) in [6.07, 6.45) is 3.58. The molecule has 3 rings (SSSR count). The van der Waals surface area contributed by atoms with Crippen LogP contribution in [0.4, 0.5) is 4.79 Å². The topological polar surface area (TPSA) is 63.1 Å². The summed E-state index contributed by atoms with van der Waals surface area (Å²) in [5.41, 5.74) is 2.28. The van der Waals surface area contributed by atoms with Gasteiger partial charge in [-0.2, -0.15) is 5.10 Å². The van der Waals surface area contributed by atoms with Gasteiger partial charge in [-0.1, -0.05) is 29.8 Å². The molecule has 0 bridgehead atoms. The van der Waals surface area contributed by atoms with Gasteiger partial charge in [-0.25, -0.2) is 14.5 Å². The Hall–Kier alpha value is -2.37. The van der Waals surface area contributed by atoms with Gasteiger partial charge in [0.05, 0.1) is 18.1 Å². The van der Waals surface area contributed by atoms with Gasteiger partial charge in [-0.3, -0.25) is 0 Å². The highest BCUT2D eigenvalue weighted by Gasteiger charge is 2.30. The van der Waals surface area contributed by atoms with Gasteiger partial charge in [-0.05, 0) is 46.1 Å². The van der Waals surface area contributed by atoms with Crippen LogP contribution in [-0.2, 0) is 12.1 Å². The summed E-state index contributed by atoms with van der Waals surface area (Å²) in [5.74, 6) is 0.771. The van der Waals surface area contributed by atoms with Crippen molar-refractivity contribution in [1.82, 2.24) is 25.0 Å². The molecule has 0 aliphatic carbocycles. The molecule has 2 amide bonds. The number of nitrogens with one attached hydrogen (secondary N) is 1. The molecule has 1 fully saturated rings. The summed E-state index contributed by atoms with van der Waals surface area (Å²) in [7, 11) is 0. The molecule has 1 N–H and O–H groups in total. The Balaban J connectivity index is 1.68. The van der Waals surface area contributed by atoms with Crippen molar-refractivity contribution in [2.45, 2.75) is 58.7 Å². The molecule has 6 nitrogen and oxygen atoms in total. The highest BCUT2D eigenvalue weighted by molar-refractivity contribution is 5.75. The Morgan fingerprint density at radius 2 is 2.16 bits per heavy atom. The van der Waals surface area contributed by atoms with Crippen LogP contribution >= 0.6 is 0 Å². The highest BCUT2D eigenvalue weighted by atomic mass is 16.2. The van der Waals surface area contributed by atoms with Crippen molar-refractivity contribution in [3.8, 4) is 0 Å². The molecule has 0 spiro atoms. The third-order valence-electron chi connectivity index (χ3n) is 4.59. The number of aromatic nitrogens is 3. The van der Waals surface area contributed by atoms with Crippen molar-refractivity contribution in [2.75, 3.05) is 6.54 Å². The molecule has 1 aliphatic rings. The van der Waals surface area contributed by atoms with Crippen LogP contribution in [0.15, 0.2) is 30.6 Å². The van der Waals surface area contributed by atoms with Crippen LogP contribution in [-0.4, -0.2) is 32.2 Å². The summed E-state index contributed by atoms with van der Waals surface area (Å²) in [5, 5.41) is 7.29. The molecule has 1 atom stereocenters. The van der Waals surface area contributed by atoms with Crippen molar-refractivity contribution in [2.24, 2.45) is 0 Å². The Kier molecular flexibility index (Phi) is 4.79. The van der Waals surface area contributed by atoms with Crippen LogP contribution in [0.1, 0.15) is 56.6 Å². The van der Waals surface area contributed by atoms with E-state index >= 15 is 0 Å².